The summed E-state index contributed by atoms with van der Waals surface area (Å²) in [6.07, 6.45) is 0. The van der Waals surface area contributed by atoms with Crippen LogP contribution in [0.1, 0.15) is 62.4 Å². The lowest BCUT2D eigenvalue weighted by Gasteiger charge is -2.60. The quantitative estimate of drug-likeness (QED) is 0.126. The molecule has 0 fully saturated rings. The van der Waals surface area contributed by atoms with Crippen LogP contribution in [0.5, 0.6) is 0 Å². The highest BCUT2D eigenvalue weighted by Crippen LogP contribution is 2.65. The van der Waals surface area contributed by atoms with Gasteiger partial charge in [0.05, 0.1) is 19.1 Å². The van der Waals surface area contributed by atoms with E-state index in [4.69, 9.17) is 18.9 Å². The van der Waals surface area contributed by atoms with E-state index in [0.29, 0.717) is 27.9 Å². The fourth-order valence-electron chi connectivity index (χ4n) is 7.01. The number of benzene rings is 3. The molecule has 0 aromatic heterocycles. The molecule has 1 amide bonds. The maximum absolute atomic E-state index is 14.7. The van der Waals surface area contributed by atoms with E-state index in [0.717, 1.165) is 5.56 Å². The molecule has 50 heavy (non-hydrogen) atoms. The largest absolute Gasteiger partial charge is 0.481 e. The van der Waals surface area contributed by atoms with Crippen molar-refractivity contribution < 1.29 is 43.2 Å². The Morgan fingerprint density at radius 2 is 1.18 bits per heavy atom. The lowest BCUT2D eigenvalue weighted by Crippen LogP contribution is -2.67. The number of nitrogens with one attached hydrogen (secondary N) is 1. The van der Waals surface area contributed by atoms with Gasteiger partial charge in [-0.2, -0.15) is 0 Å². The van der Waals surface area contributed by atoms with Gasteiger partial charge < -0.3 is 29.4 Å². The summed E-state index contributed by atoms with van der Waals surface area (Å²) < 4.78 is 24.2. The monoisotopic (exact) mass is 681 g/mol. The van der Waals surface area contributed by atoms with Gasteiger partial charge >= 0.3 is 17.9 Å². The third-order valence-corrected chi connectivity index (χ3v) is 9.20. The van der Waals surface area contributed by atoms with Crippen LogP contribution < -0.4 is 5.32 Å². The molecule has 10 nitrogen and oxygen atoms in total. The zero-order chi connectivity index (χ0) is 36.4. The van der Waals surface area contributed by atoms with Gasteiger partial charge in [-0.05, 0) is 59.2 Å². The van der Waals surface area contributed by atoms with Crippen LogP contribution in [0.3, 0.4) is 0 Å². The van der Waals surface area contributed by atoms with Crippen molar-refractivity contribution in [3.05, 3.63) is 125 Å². The zero-order valence-electron chi connectivity index (χ0n) is 29.0. The number of carbonyl (C=O) groups is 4. The third kappa shape index (κ3) is 6.36. The Hall–Kier alpha value is -5.06. The van der Waals surface area contributed by atoms with Crippen LogP contribution in [0.2, 0.25) is 0 Å². The molecule has 0 saturated carbocycles. The van der Waals surface area contributed by atoms with E-state index in [1.165, 1.54) is 13.8 Å². The average Bonchev–Trinajstić information content (AvgIpc) is 3.08. The number of amides is 1. The Labute approximate surface area is 292 Å². The molecule has 4 unspecified atom stereocenters. The summed E-state index contributed by atoms with van der Waals surface area (Å²) in [4.78, 5) is 53.0. The predicted molar refractivity (Wildman–Crippen MR) is 186 cm³/mol. The summed E-state index contributed by atoms with van der Waals surface area (Å²) in [5.41, 5.74) is 0.160. The molecule has 0 radical (unpaired) electrons. The van der Waals surface area contributed by atoms with Crippen molar-refractivity contribution in [3.8, 4) is 0 Å². The van der Waals surface area contributed by atoms with Crippen LogP contribution >= 0.6 is 0 Å². The van der Waals surface area contributed by atoms with Gasteiger partial charge in [0.2, 0.25) is 5.91 Å². The molecule has 262 valence electrons. The summed E-state index contributed by atoms with van der Waals surface area (Å²) in [5, 5.41) is 14.2. The number of anilines is 1. The Bertz CT molecular complexity index is 1840. The lowest BCUT2D eigenvalue weighted by atomic mass is 9.48. The number of carboxylic acids is 1. The second kappa shape index (κ2) is 14.0. The normalized spacial score (nSPS) is 21.7. The van der Waals surface area contributed by atoms with Crippen molar-refractivity contribution in [1.29, 1.82) is 0 Å². The first kappa shape index (κ1) is 36.2. The molecule has 3 aliphatic carbocycles. The van der Waals surface area contributed by atoms with E-state index in [-0.39, 0.29) is 43.0 Å². The zero-order valence-corrected chi connectivity index (χ0v) is 29.0. The maximum Gasteiger partial charge on any atom is 0.333 e. The summed E-state index contributed by atoms with van der Waals surface area (Å²) in [6, 6.07) is 21.6. The lowest BCUT2D eigenvalue weighted by molar-refractivity contribution is -0.200. The minimum absolute atomic E-state index is 0.167. The highest BCUT2D eigenvalue weighted by atomic mass is 16.6. The van der Waals surface area contributed by atoms with E-state index < -0.39 is 46.9 Å². The highest BCUT2D eigenvalue weighted by molar-refractivity contribution is 5.99. The van der Waals surface area contributed by atoms with Crippen molar-refractivity contribution in [2.24, 2.45) is 11.8 Å². The van der Waals surface area contributed by atoms with Crippen molar-refractivity contribution in [2.45, 2.75) is 51.2 Å². The van der Waals surface area contributed by atoms with Crippen LogP contribution in [0.25, 0.3) is 0 Å². The number of hydrogen-bond donors (Lipinski definition) is 2. The Balaban J connectivity index is 1.77. The third-order valence-electron chi connectivity index (χ3n) is 9.20. The van der Waals surface area contributed by atoms with E-state index >= 15 is 0 Å². The van der Waals surface area contributed by atoms with E-state index in [1.807, 2.05) is 39.0 Å². The predicted octanol–water partition coefficient (Wildman–Crippen LogP) is 6.03. The number of rotatable bonds is 13. The Morgan fingerprint density at radius 1 is 0.700 bits per heavy atom. The summed E-state index contributed by atoms with van der Waals surface area (Å²) >= 11 is 0. The van der Waals surface area contributed by atoms with Crippen molar-refractivity contribution >= 4 is 29.5 Å². The standard InChI is InChI=1S/C40H43NO9/c1-24(2)36(45)47-19-21-49-39-28-15-11-12-16-29(28)40(50-22-20-48-37(46)25(3)4,31-23-26(38(5,6)7)17-18-30(31)39)33(35(43)44)32(39)34(42)41-27-13-9-8-10-14-27/h8-18,23,32-33H,1,3,19-22H2,2,4-7H3,(H,41,42)(H,43,44). The van der Waals surface area contributed by atoms with Crippen LogP contribution in [-0.2, 0) is 54.7 Å². The van der Waals surface area contributed by atoms with Crippen LogP contribution in [0.4, 0.5) is 5.69 Å². The molecule has 2 N–H and O–H groups in total. The smallest absolute Gasteiger partial charge is 0.333 e. The summed E-state index contributed by atoms with van der Waals surface area (Å²) in [7, 11) is 0. The molecule has 0 heterocycles. The van der Waals surface area contributed by atoms with Gasteiger partial charge in [-0.25, -0.2) is 9.59 Å². The van der Waals surface area contributed by atoms with Gasteiger partial charge in [-0.3, -0.25) is 9.59 Å². The maximum atomic E-state index is 14.7. The summed E-state index contributed by atoms with van der Waals surface area (Å²) in [5.74, 6) is -6.03. The number of aliphatic carboxylic acids is 1. The molecule has 0 spiro atoms. The molecule has 10 heteroatoms. The molecule has 4 atom stereocenters. The average molecular weight is 682 g/mol. The Morgan fingerprint density at radius 3 is 1.66 bits per heavy atom. The number of fused-ring (bicyclic) bond motifs is 1. The van der Waals surface area contributed by atoms with Crippen molar-refractivity contribution in [1.82, 2.24) is 0 Å². The van der Waals surface area contributed by atoms with Gasteiger partial charge in [0, 0.05) is 16.8 Å². The minimum Gasteiger partial charge on any atom is -0.481 e. The molecule has 0 saturated heterocycles. The van der Waals surface area contributed by atoms with E-state index in [1.54, 1.807) is 54.6 Å². The molecule has 2 bridgehead atoms. The number of para-hydroxylation sites is 1. The molecule has 3 aromatic carbocycles. The number of carboxylic acid groups (broad SMARTS) is 1. The van der Waals surface area contributed by atoms with Gasteiger partial charge in [0.25, 0.3) is 0 Å². The second-order valence-electron chi connectivity index (χ2n) is 13.7. The molecule has 3 aliphatic rings. The fraction of sp³-hybridized carbons (Fsp3) is 0.350. The van der Waals surface area contributed by atoms with Gasteiger partial charge in [-0.1, -0.05) is 94.6 Å². The van der Waals surface area contributed by atoms with Crippen molar-refractivity contribution in [3.63, 3.8) is 0 Å². The fourth-order valence-corrected chi connectivity index (χ4v) is 7.01. The topological polar surface area (TPSA) is 137 Å². The number of esters is 2. The first-order valence-corrected chi connectivity index (χ1v) is 16.4. The van der Waals surface area contributed by atoms with Crippen molar-refractivity contribution in [2.75, 3.05) is 31.7 Å². The molecular formula is C40H43NO9. The van der Waals surface area contributed by atoms with Crippen LogP contribution in [0.15, 0.2) is 97.1 Å². The van der Waals surface area contributed by atoms with Gasteiger partial charge in [-0.15, -0.1) is 0 Å². The number of ether oxygens (including phenoxy) is 4. The van der Waals surface area contributed by atoms with E-state index in [9.17, 15) is 24.3 Å². The highest BCUT2D eigenvalue weighted by Gasteiger charge is 2.71. The molecule has 6 rings (SSSR count). The van der Waals surface area contributed by atoms with Gasteiger partial charge in [0.15, 0.2) is 0 Å². The Kier molecular flexibility index (Phi) is 10.2. The minimum atomic E-state index is -1.72. The molecule has 0 aliphatic heterocycles. The van der Waals surface area contributed by atoms with Crippen LogP contribution in [-0.4, -0.2) is 55.3 Å². The summed E-state index contributed by atoms with van der Waals surface area (Å²) in [6.45, 7) is 15.7. The number of carbonyl (C=O) groups excluding carboxylic acids is 3. The number of hydrogen-bond acceptors (Lipinski definition) is 8. The SMILES string of the molecule is C=C(C)C(=O)OCCOC12c3ccccc3C(OCCOC(=O)C(=C)C)(c3ccc(C(C)(C)C)cc31)C(C(=O)Nc1ccccc1)C2C(=O)O. The first-order chi connectivity index (χ1) is 23.7. The van der Waals surface area contributed by atoms with Crippen LogP contribution in [0, 0.1) is 11.8 Å². The molecular weight excluding hydrogens is 638 g/mol. The van der Waals surface area contributed by atoms with Gasteiger partial charge in [0.1, 0.15) is 30.3 Å². The second-order valence-corrected chi connectivity index (χ2v) is 13.7. The molecule has 3 aromatic rings. The van der Waals surface area contributed by atoms with E-state index in [2.05, 4.69) is 18.5 Å². The first-order valence-electron chi connectivity index (χ1n) is 16.4.